The summed E-state index contributed by atoms with van der Waals surface area (Å²) >= 11 is 0. The van der Waals surface area contributed by atoms with Crippen LogP contribution in [0.1, 0.15) is 40.7 Å². The van der Waals surface area contributed by atoms with Crippen LogP contribution >= 0.6 is 0 Å². The van der Waals surface area contributed by atoms with Crippen LogP contribution in [-0.4, -0.2) is 68.0 Å². The lowest BCUT2D eigenvalue weighted by Gasteiger charge is -2.48. The highest BCUT2D eigenvalue weighted by atomic mass is 16.1. The Morgan fingerprint density at radius 3 is 2.67 bits per heavy atom. The van der Waals surface area contributed by atoms with Crippen molar-refractivity contribution in [3.63, 3.8) is 0 Å². The highest BCUT2D eigenvalue weighted by molar-refractivity contribution is 5.94. The van der Waals surface area contributed by atoms with Crippen molar-refractivity contribution in [2.24, 2.45) is 10.9 Å². The molecular formula is C27H37N5O. The molecule has 0 spiro atoms. The number of nitrogens with one attached hydrogen (secondary N) is 2. The monoisotopic (exact) mass is 447 g/mol. The molecule has 0 aromatic heterocycles. The van der Waals surface area contributed by atoms with Gasteiger partial charge in [-0.3, -0.25) is 14.7 Å². The molecule has 0 saturated carbocycles. The van der Waals surface area contributed by atoms with Crippen molar-refractivity contribution in [1.29, 1.82) is 0 Å². The summed E-state index contributed by atoms with van der Waals surface area (Å²) in [6.45, 7) is 5.18. The van der Waals surface area contributed by atoms with E-state index in [0.717, 1.165) is 44.1 Å². The van der Waals surface area contributed by atoms with E-state index in [0.29, 0.717) is 17.5 Å². The summed E-state index contributed by atoms with van der Waals surface area (Å²) in [7, 11) is 3.54. The zero-order valence-electron chi connectivity index (χ0n) is 20.0. The maximum atomic E-state index is 11.9. The van der Waals surface area contributed by atoms with E-state index in [1.165, 1.54) is 31.4 Å². The first-order valence-corrected chi connectivity index (χ1v) is 12.2. The lowest BCUT2D eigenvalue weighted by atomic mass is 9.83. The molecule has 2 aliphatic heterocycles. The molecule has 4 rings (SSSR count). The fraction of sp³-hybridized carbons (Fsp3) is 0.481. The maximum Gasteiger partial charge on any atom is 0.251 e. The van der Waals surface area contributed by atoms with Crippen LogP contribution in [0.5, 0.6) is 0 Å². The minimum Gasteiger partial charge on any atom is -0.356 e. The topological polar surface area (TPSA) is 60.0 Å². The number of fused-ring (bicyclic) bond motifs is 1. The number of hydrogen-bond acceptors (Lipinski definition) is 3. The van der Waals surface area contributed by atoms with Gasteiger partial charge in [-0.2, -0.15) is 0 Å². The van der Waals surface area contributed by atoms with Crippen molar-refractivity contribution >= 4 is 11.9 Å². The van der Waals surface area contributed by atoms with Gasteiger partial charge in [0.1, 0.15) is 0 Å². The Kier molecular flexibility index (Phi) is 8.00. The standard InChI is InChI=1S/C27H37N5O/c1-28-26(33)23-11-6-10-21(18-23)13-15-30-27(29-2)32-17-14-25-24(20-32)12-7-16-31(25)19-22-8-4-3-5-9-22/h3-6,8-11,18,24-25H,7,12-17,19-20H2,1-2H3,(H,28,33)(H,29,30). The van der Waals surface area contributed by atoms with Crippen molar-refractivity contribution in [2.75, 3.05) is 40.3 Å². The van der Waals surface area contributed by atoms with Gasteiger partial charge < -0.3 is 15.5 Å². The Morgan fingerprint density at radius 1 is 1.06 bits per heavy atom. The van der Waals surface area contributed by atoms with Crippen LogP contribution in [0.15, 0.2) is 59.6 Å². The maximum absolute atomic E-state index is 11.9. The summed E-state index contributed by atoms with van der Waals surface area (Å²) < 4.78 is 0. The average molecular weight is 448 g/mol. The SMILES string of the molecule is CN=C(NCCc1cccc(C(=O)NC)c1)N1CCC2C(CCCN2Cc2ccccc2)C1. The molecular weight excluding hydrogens is 410 g/mol. The van der Waals surface area contributed by atoms with Crippen LogP contribution in [0.25, 0.3) is 0 Å². The summed E-state index contributed by atoms with van der Waals surface area (Å²) in [5, 5.41) is 6.25. The molecule has 6 heteroatoms. The predicted molar refractivity (Wildman–Crippen MR) is 134 cm³/mol. The molecule has 0 radical (unpaired) electrons. The van der Waals surface area contributed by atoms with E-state index >= 15 is 0 Å². The van der Waals surface area contributed by atoms with E-state index in [1.807, 2.05) is 25.2 Å². The minimum absolute atomic E-state index is 0.0442. The molecule has 2 N–H and O–H groups in total. The third kappa shape index (κ3) is 5.93. The van der Waals surface area contributed by atoms with E-state index in [2.05, 4.69) is 61.8 Å². The van der Waals surface area contributed by atoms with Gasteiger partial charge in [-0.1, -0.05) is 42.5 Å². The van der Waals surface area contributed by atoms with Crippen LogP contribution < -0.4 is 10.6 Å². The molecule has 6 nitrogen and oxygen atoms in total. The smallest absolute Gasteiger partial charge is 0.251 e. The fourth-order valence-corrected chi connectivity index (χ4v) is 5.38. The Morgan fingerprint density at radius 2 is 1.88 bits per heavy atom. The van der Waals surface area contributed by atoms with Crippen LogP contribution in [0.4, 0.5) is 0 Å². The number of hydrogen-bond donors (Lipinski definition) is 2. The zero-order valence-corrected chi connectivity index (χ0v) is 20.0. The number of aliphatic imine (C=N–C) groups is 1. The third-order valence-electron chi connectivity index (χ3n) is 7.04. The highest BCUT2D eigenvalue weighted by Gasteiger charge is 2.36. The molecule has 2 aromatic carbocycles. The summed E-state index contributed by atoms with van der Waals surface area (Å²) in [6, 6.07) is 19.4. The Balaban J connectivity index is 1.30. The fourth-order valence-electron chi connectivity index (χ4n) is 5.38. The number of nitrogens with zero attached hydrogens (tertiary/aromatic N) is 3. The van der Waals surface area contributed by atoms with Crippen LogP contribution in [-0.2, 0) is 13.0 Å². The first-order valence-electron chi connectivity index (χ1n) is 12.2. The number of amides is 1. The molecule has 2 saturated heterocycles. The molecule has 2 aromatic rings. The van der Waals surface area contributed by atoms with Crippen LogP contribution in [0.3, 0.4) is 0 Å². The van der Waals surface area contributed by atoms with Gasteiger partial charge in [0.2, 0.25) is 0 Å². The molecule has 2 aliphatic rings. The summed E-state index contributed by atoms with van der Waals surface area (Å²) in [5.41, 5.74) is 3.28. The molecule has 0 bridgehead atoms. The second-order valence-corrected chi connectivity index (χ2v) is 9.16. The van der Waals surface area contributed by atoms with Gasteiger partial charge in [-0.05, 0) is 61.4 Å². The zero-order chi connectivity index (χ0) is 23.0. The molecule has 176 valence electrons. The molecule has 0 aliphatic carbocycles. The molecule has 2 fully saturated rings. The average Bonchev–Trinajstić information content (AvgIpc) is 2.87. The van der Waals surface area contributed by atoms with Gasteiger partial charge in [-0.25, -0.2) is 0 Å². The minimum atomic E-state index is -0.0442. The van der Waals surface area contributed by atoms with E-state index in [9.17, 15) is 4.79 Å². The van der Waals surface area contributed by atoms with E-state index in [-0.39, 0.29) is 5.91 Å². The first kappa shape index (κ1) is 23.3. The van der Waals surface area contributed by atoms with Crippen LogP contribution in [0, 0.1) is 5.92 Å². The third-order valence-corrected chi connectivity index (χ3v) is 7.04. The number of guanidine groups is 1. The number of carbonyl (C=O) groups is 1. The largest absolute Gasteiger partial charge is 0.356 e. The second-order valence-electron chi connectivity index (χ2n) is 9.16. The number of benzene rings is 2. The Hall–Kier alpha value is -2.86. The quantitative estimate of drug-likeness (QED) is 0.528. The first-order chi connectivity index (χ1) is 16.2. The van der Waals surface area contributed by atoms with Crippen LogP contribution in [0.2, 0.25) is 0 Å². The summed E-state index contributed by atoms with van der Waals surface area (Å²) in [6.07, 6.45) is 4.62. The molecule has 2 heterocycles. The van der Waals surface area contributed by atoms with Crippen molar-refractivity contribution in [2.45, 2.75) is 38.3 Å². The van der Waals surface area contributed by atoms with Gasteiger partial charge in [-0.15, -0.1) is 0 Å². The number of carbonyl (C=O) groups excluding carboxylic acids is 1. The van der Waals surface area contributed by atoms with Gasteiger partial charge in [0.15, 0.2) is 5.96 Å². The predicted octanol–water partition coefficient (Wildman–Crippen LogP) is 3.15. The van der Waals surface area contributed by atoms with Crippen molar-refractivity contribution in [3.8, 4) is 0 Å². The second kappa shape index (κ2) is 11.3. The van der Waals surface area contributed by atoms with Crippen molar-refractivity contribution in [3.05, 3.63) is 71.3 Å². The van der Waals surface area contributed by atoms with Crippen molar-refractivity contribution in [1.82, 2.24) is 20.4 Å². The van der Waals surface area contributed by atoms with Gasteiger partial charge in [0.25, 0.3) is 5.91 Å². The lowest BCUT2D eigenvalue weighted by molar-refractivity contribution is 0.0373. The molecule has 33 heavy (non-hydrogen) atoms. The summed E-state index contributed by atoms with van der Waals surface area (Å²) in [4.78, 5) is 21.6. The highest BCUT2D eigenvalue weighted by Crippen LogP contribution is 2.31. The van der Waals surface area contributed by atoms with Crippen molar-refractivity contribution < 1.29 is 4.79 Å². The lowest BCUT2D eigenvalue weighted by Crippen LogP contribution is -2.56. The van der Waals surface area contributed by atoms with E-state index in [1.54, 1.807) is 7.05 Å². The van der Waals surface area contributed by atoms with Gasteiger partial charge >= 0.3 is 0 Å². The normalized spacial score (nSPS) is 21.4. The van der Waals surface area contributed by atoms with E-state index < -0.39 is 0 Å². The molecule has 2 atom stereocenters. The number of piperidine rings is 2. The van der Waals surface area contributed by atoms with E-state index in [4.69, 9.17) is 0 Å². The molecule has 1 amide bonds. The Bertz CT molecular complexity index is 945. The Labute approximate surface area is 198 Å². The molecule has 2 unspecified atom stereocenters. The summed E-state index contributed by atoms with van der Waals surface area (Å²) in [5.74, 6) is 1.65. The van der Waals surface area contributed by atoms with Gasteiger partial charge in [0.05, 0.1) is 0 Å². The number of likely N-dealkylation sites (tertiary alicyclic amines) is 2. The van der Waals surface area contributed by atoms with Gasteiger partial charge in [0, 0.05) is 51.9 Å². The number of rotatable bonds is 6.